The summed E-state index contributed by atoms with van der Waals surface area (Å²) in [6.45, 7) is 11.9. The van der Waals surface area contributed by atoms with E-state index in [1.165, 1.54) is 12.8 Å². The molecule has 2 aromatic rings. The Hall–Kier alpha value is -1.14. The second-order valence-corrected chi connectivity index (χ2v) is 8.82. The van der Waals surface area contributed by atoms with Gasteiger partial charge in [0, 0.05) is 18.1 Å². The van der Waals surface area contributed by atoms with Crippen molar-refractivity contribution in [2.75, 3.05) is 11.9 Å². The number of aromatic nitrogens is 3. The predicted molar refractivity (Wildman–Crippen MR) is 100 cm³/mol. The zero-order chi connectivity index (χ0) is 17.3. The van der Waals surface area contributed by atoms with Crippen molar-refractivity contribution in [3.63, 3.8) is 0 Å². The molecule has 1 N–H and O–H groups in total. The second kappa shape index (κ2) is 7.00. The molecule has 1 aliphatic rings. The molecule has 1 aliphatic heterocycles. The van der Waals surface area contributed by atoms with E-state index in [1.807, 2.05) is 10.7 Å². The van der Waals surface area contributed by atoms with Gasteiger partial charge in [0.15, 0.2) is 0 Å². The molecule has 0 aromatic carbocycles. The Morgan fingerprint density at radius 2 is 2.12 bits per heavy atom. The van der Waals surface area contributed by atoms with Gasteiger partial charge in [-0.05, 0) is 18.8 Å². The van der Waals surface area contributed by atoms with Gasteiger partial charge in [-0.1, -0.05) is 58.8 Å². The zero-order valence-corrected chi connectivity index (χ0v) is 16.3. The van der Waals surface area contributed by atoms with Crippen molar-refractivity contribution in [3.8, 4) is 0 Å². The molecule has 3 heterocycles. The summed E-state index contributed by atoms with van der Waals surface area (Å²) in [5.74, 6) is 0.664. The number of hydrogen-bond acceptors (Lipinski definition) is 5. The molecular weight excluding hydrogens is 320 g/mol. The number of ether oxygens (including phenoxy) is 1. The number of fused-ring (bicyclic) bond motifs is 1. The first-order chi connectivity index (χ1) is 11.4. The van der Waals surface area contributed by atoms with Crippen LogP contribution in [0.25, 0.3) is 4.96 Å². The van der Waals surface area contributed by atoms with Gasteiger partial charge in [-0.3, -0.25) is 0 Å². The molecule has 0 amide bonds. The lowest BCUT2D eigenvalue weighted by molar-refractivity contribution is -0.0271. The highest BCUT2D eigenvalue weighted by molar-refractivity contribution is 7.20. The van der Waals surface area contributed by atoms with Gasteiger partial charge in [0.25, 0.3) is 0 Å². The summed E-state index contributed by atoms with van der Waals surface area (Å²) >= 11 is 1.64. The van der Waals surface area contributed by atoms with Crippen LogP contribution in [-0.2, 0) is 10.2 Å². The summed E-state index contributed by atoms with van der Waals surface area (Å²) in [6, 6.07) is 0.447. The van der Waals surface area contributed by atoms with Crippen molar-refractivity contribution in [1.29, 1.82) is 0 Å². The Balaban J connectivity index is 1.67. The summed E-state index contributed by atoms with van der Waals surface area (Å²) in [5, 5.41) is 9.25. The molecule has 0 spiro atoms. The molecule has 1 fully saturated rings. The van der Waals surface area contributed by atoms with Gasteiger partial charge < -0.3 is 10.1 Å². The van der Waals surface area contributed by atoms with Crippen molar-refractivity contribution in [1.82, 2.24) is 14.6 Å². The number of imidazole rings is 1. The third-order valence-electron chi connectivity index (χ3n) is 5.03. The lowest BCUT2D eigenvalue weighted by atomic mass is 9.89. The van der Waals surface area contributed by atoms with Crippen LogP contribution in [-0.4, -0.2) is 33.4 Å². The molecule has 2 unspecified atom stereocenters. The lowest BCUT2D eigenvalue weighted by Gasteiger charge is -2.34. The number of nitrogens with zero attached hydrogens (tertiary/aromatic N) is 3. The molecule has 0 bridgehead atoms. The van der Waals surface area contributed by atoms with Gasteiger partial charge in [-0.2, -0.15) is 0 Å². The molecule has 6 heteroatoms. The van der Waals surface area contributed by atoms with E-state index in [4.69, 9.17) is 9.72 Å². The second-order valence-electron chi connectivity index (χ2n) is 7.86. The Morgan fingerprint density at radius 1 is 1.38 bits per heavy atom. The summed E-state index contributed by atoms with van der Waals surface area (Å²) in [6.07, 6.45) is 6.92. The Kier molecular flexibility index (Phi) is 5.16. The average molecular weight is 351 g/mol. The van der Waals surface area contributed by atoms with E-state index >= 15 is 0 Å². The monoisotopic (exact) mass is 350 g/mol. The van der Waals surface area contributed by atoms with Gasteiger partial charge in [-0.25, -0.2) is 9.50 Å². The van der Waals surface area contributed by atoms with Gasteiger partial charge in [-0.15, -0.1) is 5.10 Å². The molecule has 0 aliphatic carbocycles. The van der Waals surface area contributed by atoms with Crippen molar-refractivity contribution < 1.29 is 4.74 Å². The van der Waals surface area contributed by atoms with E-state index in [9.17, 15) is 0 Å². The molecular formula is C18H30N4OS. The van der Waals surface area contributed by atoms with Gasteiger partial charge in [0.1, 0.15) is 0 Å². The number of rotatable bonds is 5. The maximum atomic E-state index is 6.01. The highest BCUT2D eigenvalue weighted by Gasteiger charge is 2.28. The molecule has 5 nitrogen and oxygen atoms in total. The maximum absolute atomic E-state index is 6.01. The lowest BCUT2D eigenvalue weighted by Crippen LogP contribution is -2.37. The van der Waals surface area contributed by atoms with Crippen LogP contribution >= 0.6 is 11.3 Å². The van der Waals surface area contributed by atoms with Crippen molar-refractivity contribution in [2.45, 2.75) is 77.9 Å². The van der Waals surface area contributed by atoms with E-state index in [0.29, 0.717) is 18.1 Å². The third kappa shape index (κ3) is 3.75. The minimum Gasteiger partial charge on any atom is -0.378 e. The van der Waals surface area contributed by atoms with Crippen LogP contribution < -0.4 is 5.32 Å². The van der Waals surface area contributed by atoms with Crippen LogP contribution in [0, 0.1) is 5.92 Å². The Labute approximate surface area is 148 Å². The molecule has 0 saturated carbocycles. The summed E-state index contributed by atoms with van der Waals surface area (Å²) in [7, 11) is 0. The number of hydrogen-bond donors (Lipinski definition) is 1. The Bertz CT molecular complexity index is 637. The molecule has 2 atom stereocenters. The van der Waals surface area contributed by atoms with Crippen LogP contribution in [0.5, 0.6) is 0 Å². The van der Waals surface area contributed by atoms with Gasteiger partial charge in [0.05, 0.1) is 18.0 Å². The number of anilines is 1. The van der Waals surface area contributed by atoms with Gasteiger partial charge in [0.2, 0.25) is 10.1 Å². The van der Waals surface area contributed by atoms with E-state index in [1.54, 1.807) is 11.3 Å². The van der Waals surface area contributed by atoms with E-state index in [2.05, 4.69) is 45.0 Å². The fourth-order valence-corrected chi connectivity index (χ4v) is 4.25. The first-order valence-corrected chi connectivity index (χ1v) is 9.97. The van der Waals surface area contributed by atoms with Crippen molar-refractivity contribution in [3.05, 3.63) is 11.9 Å². The van der Waals surface area contributed by atoms with Crippen molar-refractivity contribution in [2.24, 2.45) is 5.92 Å². The summed E-state index contributed by atoms with van der Waals surface area (Å²) < 4.78 is 7.92. The largest absolute Gasteiger partial charge is 0.378 e. The molecule has 0 radical (unpaired) electrons. The molecule has 2 aromatic heterocycles. The SMILES string of the molecule is CCC(CC)C1CC(Nc2nn3cc(C(C)(C)C)nc3s2)CCO1. The molecule has 24 heavy (non-hydrogen) atoms. The van der Waals surface area contributed by atoms with Crippen molar-refractivity contribution >= 4 is 21.4 Å². The van der Waals surface area contributed by atoms with Gasteiger partial charge >= 0.3 is 0 Å². The molecule has 134 valence electrons. The topological polar surface area (TPSA) is 51.5 Å². The molecule has 1 saturated heterocycles. The van der Waals surface area contributed by atoms with Crippen LogP contribution in [0.15, 0.2) is 6.20 Å². The summed E-state index contributed by atoms with van der Waals surface area (Å²) in [5.41, 5.74) is 1.15. The van der Waals surface area contributed by atoms with Crippen LogP contribution in [0.1, 0.15) is 66.0 Å². The first kappa shape index (κ1) is 17.7. The summed E-state index contributed by atoms with van der Waals surface area (Å²) in [4.78, 5) is 5.69. The van der Waals surface area contributed by atoms with Crippen LogP contribution in [0.2, 0.25) is 0 Å². The predicted octanol–water partition coefficient (Wildman–Crippen LogP) is 4.48. The minimum atomic E-state index is 0.0598. The van der Waals surface area contributed by atoms with E-state index in [-0.39, 0.29) is 5.41 Å². The fourth-order valence-electron chi connectivity index (χ4n) is 3.40. The van der Waals surface area contributed by atoms with Crippen LogP contribution in [0.4, 0.5) is 5.13 Å². The quantitative estimate of drug-likeness (QED) is 0.863. The van der Waals surface area contributed by atoms with Crippen LogP contribution in [0.3, 0.4) is 0 Å². The standard InChI is InChI=1S/C18H30N4OS/c1-6-12(7-2)14-10-13(8-9-23-14)19-16-21-22-11-15(18(3,4)5)20-17(22)24-16/h11-14H,6-10H2,1-5H3,(H,19,21). The Morgan fingerprint density at radius 3 is 2.75 bits per heavy atom. The fraction of sp³-hybridized carbons (Fsp3) is 0.778. The normalized spacial score (nSPS) is 22.4. The van der Waals surface area contributed by atoms with E-state index < -0.39 is 0 Å². The number of nitrogens with one attached hydrogen (secondary N) is 1. The average Bonchev–Trinajstić information content (AvgIpc) is 3.07. The highest BCUT2D eigenvalue weighted by Crippen LogP contribution is 2.29. The minimum absolute atomic E-state index is 0.0598. The maximum Gasteiger partial charge on any atom is 0.214 e. The highest BCUT2D eigenvalue weighted by atomic mass is 32.1. The smallest absolute Gasteiger partial charge is 0.214 e. The third-order valence-corrected chi connectivity index (χ3v) is 5.88. The zero-order valence-electron chi connectivity index (χ0n) is 15.5. The molecule has 3 rings (SSSR count). The van der Waals surface area contributed by atoms with E-state index in [0.717, 1.165) is 35.2 Å². The first-order valence-electron chi connectivity index (χ1n) is 9.15.